The van der Waals surface area contributed by atoms with Crippen molar-refractivity contribution in [1.29, 1.82) is 0 Å². The molecule has 1 aromatic carbocycles. The van der Waals surface area contributed by atoms with E-state index in [0.717, 1.165) is 22.2 Å². The van der Waals surface area contributed by atoms with Crippen molar-refractivity contribution in [3.05, 3.63) is 24.1 Å². The van der Waals surface area contributed by atoms with Crippen molar-refractivity contribution in [2.75, 3.05) is 17.4 Å². The second-order valence-electron chi connectivity index (χ2n) is 3.20. The smallest absolute Gasteiger partial charge is 0.192 e. The van der Waals surface area contributed by atoms with Gasteiger partial charge >= 0.3 is 0 Å². The summed E-state index contributed by atoms with van der Waals surface area (Å²) in [5, 5.41) is 0. The normalized spacial score (nSPS) is 10.8. The molecule has 0 radical (unpaired) electrons. The Labute approximate surface area is 90.8 Å². The first-order chi connectivity index (χ1) is 6.70. The predicted octanol–water partition coefficient (Wildman–Crippen LogP) is 2.92. The maximum Gasteiger partial charge on any atom is 0.192 e. The number of aryl methyl sites for hydroxylation is 1. The molecule has 2 rings (SSSR count). The highest BCUT2D eigenvalue weighted by Crippen LogP contribution is 2.22. The number of alkyl halides is 1. The van der Waals surface area contributed by atoms with E-state index < -0.39 is 0 Å². The molecule has 74 valence electrons. The predicted molar refractivity (Wildman–Crippen MR) is 60.9 cm³/mol. The maximum atomic E-state index is 5.39. The van der Waals surface area contributed by atoms with E-state index in [1.165, 1.54) is 0 Å². The molecule has 0 N–H and O–H groups in total. The van der Waals surface area contributed by atoms with Crippen LogP contribution in [0.2, 0.25) is 0 Å². The number of nitrogens with zero attached hydrogens (tertiary/aromatic N) is 2. The van der Waals surface area contributed by atoms with Crippen LogP contribution < -0.4 is 4.90 Å². The first-order valence-corrected chi connectivity index (χ1v) is 5.47. The summed E-state index contributed by atoms with van der Waals surface area (Å²) >= 11 is 3.40. The molecule has 0 aliphatic rings. The first-order valence-electron chi connectivity index (χ1n) is 4.35. The van der Waals surface area contributed by atoms with Crippen molar-refractivity contribution < 1.29 is 4.42 Å². The van der Waals surface area contributed by atoms with Crippen molar-refractivity contribution in [2.24, 2.45) is 0 Å². The molecule has 1 heterocycles. The number of aromatic nitrogens is 1. The minimum atomic E-state index is 0.707. The van der Waals surface area contributed by atoms with E-state index in [1.807, 2.05) is 32.2 Å². The van der Waals surface area contributed by atoms with Crippen molar-refractivity contribution >= 4 is 32.7 Å². The molecule has 0 spiro atoms. The summed E-state index contributed by atoms with van der Waals surface area (Å²) in [6.45, 7) is 1.86. The highest BCUT2D eigenvalue weighted by Gasteiger charge is 2.04. The van der Waals surface area contributed by atoms with E-state index in [1.54, 1.807) is 0 Å². The zero-order valence-corrected chi connectivity index (χ0v) is 9.71. The summed E-state index contributed by atoms with van der Waals surface area (Å²) in [7, 11) is 2.02. The Morgan fingerprint density at radius 2 is 2.29 bits per heavy atom. The molecule has 14 heavy (non-hydrogen) atoms. The van der Waals surface area contributed by atoms with Gasteiger partial charge in [0.05, 0.1) is 5.45 Å². The Balaban J connectivity index is 2.50. The lowest BCUT2D eigenvalue weighted by Crippen LogP contribution is -2.13. The number of rotatable bonds is 2. The van der Waals surface area contributed by atoms with Gasteiger partial charge in [-0.1, -0.05) is 15.9 Å². The topological polar surface area (TPSA) is 29.3 Å². The van der Waals surface area contributed by atoms with Crippen LogP contribution in [0, 0.1) is 6.92 Å². The van der Waals surface area contributed by atoms with Crippen molar-refractivity contribution in [2.45, 2.75) is 6.92 Å². The van der Waals surface area contributed by atoms with Crippen LogP contribution >= 0.6 is 15.9 Å². The van der Waals surface area contributed by atoms with E-state index in [0.29, 0.717) is 5.89 Å². The Morgan fingerprint density at radius 1 is 1.50 bits per heavy atom. The van der Waals surface area contributed by atoms with Crippen molar-refractivity contribution in [3.8, 4) is 0 Å². The molecular weight excluding hydrogens is 244 g/mol. The van der Waals surface area contributed by atoms with Gasteiger partial charge in [-0.2, -0.15) is 0 Å². The van der Waals surface area contributed by atoms with Gasteiger partial charge in [-0.05, 0) is 18.2 Å². The molecule has 1 aromatic heterocycles. The fraction of sp³-hybridized carbons (Fsp3) is 0.300. The number of anilines is 1. The molecule has 0 bridgehead atoms. The van der Waals surface area contributed by atoms with Gasteiger partial charge in [0, 0.05) is 19.7 Å². The molecule has 3 nitrogen and oxygen atoms in total. The fourth-order valence-corrected chi connectivity index (χ4v) is 1.63. The van der Waals surface area contributed by atoms with E-state index in [4.69, 9.17) is 4.42 Å². The molecule has 0 amide bonds. The molecule has 0 saturated heterocycles. The molecule has 0 aliphatic carbocycles. The number of halogens is 1. The SMILES string of the molecule is Cc1nc2cc(N(C)CBr)ccc2o1. The number of fused-ring (bicyclic) bond motifs is 1. The van der Waals surface area contributed by atoms with Gasteiger partial charge in [0.15, 0.2) is 11.5 Å². The van der Waals surface area contributed by atoms with Crippen LogP contribution in [0.3, 0.4) is 0 Å². The average Bonchev–Trinajstić information content (AvgIpc) is 2.55. The molecule has 4 heteroatoms. The molecule has 0 aliphatic heterocycles. The number of hydrogen-bond donors (Lipinski definition) is 0. The van der Waals surface area contributed by atoms with Crippen LogP contribution in [0.15, 0.2) is 22.6 Å². The minimum absolute atomic E-state index is 0.707. The van der Waals surface area contributed by atoms with Crippen LogP contribution in [0.5, 0.6) is 0 Å². The Kier molecular flexibility index (Phi) is 2.46. The molecule has 2 aromatic rings. The third-order valence-electron chi connectivity index (χ3n) is 2.10. The van der Waals surface area contributed by atoms with E-state index in [9.17, 15) is 0 Å². The molecular formula is C10H11BrN2O. The van der Waals surface area contributed by atoms with Gasteiger partial charge in [0.25, 0.3) is 0 Å². The monoisotopic (exact) mass is 254 g/mol. The largest absolute Gasteiger partial charge is 0.441 e. The lowest BCUT2D eigenvalue weighted by Gasteiger charge is -2.14. The third-order valence-corrected chi connectivity index (χ3v) is 2.85. The van der Waals surface area contributed by atoms with Gasteiger partial charge in [-0.15, -0.1) is 0 Å². The molecule has 0 saturated carbocycles. The number of oxazole rings is 1. The second-order valence-corrected chi connectivity index (χ2v) is 3.70. The Bertz CT molecular complexity index is 452. The summed E-state index contributed by atoms with van der Waals surface area (Å²) in [5.41, 5.74) is 3.68. The average molecular weight is 255 g/mol. The lowest BCUT2D eigenvalue weighted by molar-refractivity contribution is 0.561. The quantitative estimate of drug-likeness (QED) is 0.610. The minimum Gasteiger partial charge on any atom is -0.441 e. The van der Waals surface area contributed by atoms with Crippen LogP contribution in [-0.2, 0) is 0 Å². The van der Waals surface area contributed by atoms with Gasteiger partial charge in [0.1, 0.15) is 5.52 Å². The zero-order valence-electron chi connectivity index (χ0n) is 8.12. The number of hydrogen-bond acceptors (Lipinski definition) is 3. The number of benzene rings is 1. The summed E-state index contributed by atoms with van der Waals surface area (Å²) in [5.74, 6) is 0.707. The van der Waals surface area contributed by atoms with E-state index in [2.05, 4.69) is 25.8 Å². The van der Waals surface area contributed by atoms with E-state index in [-0.39, 0.29) is 0 Å². The third kappa shape index (κ3) is 1.62. The molecule has 0 fully saturated rings. The van der Waals surface area contributed by atoms with E-state index >= 15 is 0 Å². The second kappa shape index (κ2) is 3.61. The van der Waals surface area contributed by atoms with Crippen LogP contribution in [0.4, 0.5) is 5.69 Å². The molecule has 0 atom stereocenters. The fourth-order valence-electron chi connectivity index (χ4n) is 1.34. The van der Waals surface area contributed by atoms with Gasteiger partial charge in [0.2, 0.25) is 0 Å². The summed E-state index contributed by atoms with van der Waals surface area (Å²) in [6.07, 6.45) is 0. The van der Waals surface area contributed by atoms with Crippen LogP contribution in [0.25, 0.3) is 11.1 Å². The summed E-state index contributed by atoms with van der Waals surface area (Å²) in [6, 6.07) is 5.99. The van der Waals surface area contributed by atoms with Crippen molar-refractivity contribution in [3.63, 3.8) is 0 Å². The van der Waals surface area contributed by atoms with Crippen molar-refractivity contribution in [1.82, 2.24) is 4.98 Å². The highest BCUT2D eigenvalue weighted by molar-refractivity contribution is 9.09. The van der Waals surface area contributed by atoms with Crippen LogP contribution in [0.1, 0.15) is 5.89 Å². The maximum absolute atomic E-state index is 5.39. The van der Waals surface area contributed by atoms with Gasteiger partial charge in [-0.25, -0.2) is 4.98 Å². The first kappa shape index (κ1) is 9.52. The highest BCUT2D eigenvalue weighted by atomic mass is 79.9. The Morgan fingerprint density at radius 3 is 3.00 bits per heavy atom. The Hall–Kier alpha value is -1.03. The molecule has 0 unspecified atom stereocenters. The zero-order chi connectivity index (χ0) is 10.1. The summed E-state index contributed by atoms with van der Waals surface area (Å²) < 4.78 is 5.39. The van der Waals surface area contributed by atoms with Gasteiger partial charge in [-0.3, -0.25) is 0 Å². The van der Waals surface area contributed by atoms with Gasteiger partial charge < -0.3 is 9.32 Å². The standard InChI is InChI=1S/C10H11BrN2O/c1-7-12-9-5-8(13(2)6-11)3-4-10(9)14-7/h3-5H,6H2,1-2H3. The summed E-state index contributed by atoms with van der Waals surface area (Å²) in [4.78, 5) is 6.37. The van der Waals surface area contributed by atoms with Crippen LogP contribution in [-0.4, -0.2) is 17.5 Å². The lowest BCUT2D eigenvalue weighted by atomic mass is 10.3.